The van der Waals surface area contributed by atoms with Gasteiger partial charge in [-0.05, 0) is 45.1 Å². The van der Waals surface area contributed by atoms with Gasteiger partial charge in [0.1, 0.15) is 5.75 Å². The van der Waals surface area contributed by atoms with Gasteiger partial charge in [-0.3, -0.25) is 0 Å². The summed E-state index contributed by atoms with van der Waals surface area (Å²) in [5.41, 5.74) is 3.70. The van der Waals surface area contributed by atoms with Crippen LogP contribution in [-0.2, 0) is 6.54 Å². The van der Waals surface area contributed by atoms with Gasteiger partial charge >= 0.3 is 0 Å². The van der Waals surface area contributed by atoms with Crippen LogP contribution in [-0.4, -0.2) is 7.11 Å². The van der Waals surface area contributed by atoms with E-state index in [2.05, 4.69) is 59.4 Å². The van der Waals surface area contributed by atoms with Crippen LogP contribution in [0.5, 0.6) is 5.75 Å². The SMILES string of the molecule is COc1cc(NCc2ccc(C(C)C)cc2)ccc1Br. The Morgan fingerprint density at radius 3 is 2.40 bits per heavy atom. The van der Waals surface area contributed by atoms with Gasteiger partial charge in [0, 0.05) is 18.3 Å². The molecule has 106 valence electrons. The molecule has 0 aliphatic heterocycles. The van der Waals surface area contributed by atoms with Crippen LogP contribution in [0.25, 0.3) is 0 Å². The number of halogens is 1. The number of ether oxygens (including phenoxy) is 1. The Balaban J connectivity index is 2.01. The Morgan fingerprint density at radius 1 is 1.10 bits per heavy atom. The molecular weight excluding hydrogens is 314 g/mol. The third-order valence-electron chi connectivity index (χ3n) is 3.29. The van der Waals surface area contributed by atoms with E-state index in [1.54, 1.807) is 7.11 Å². The summed E-state index contributed by atoms with van der Waals surface area (Å²) in [4.78, 5) is 0. The van der Waals surface area contributed by atoms with E-state index in [9.17, 15) is 0 Å². The zero-order valence-electron chi connectivity index (χ0n) is 12.1. The largest absolute Gasteiger partial charge is 0.495 e. The van der Waals surface area contributed by atoms with Crippen molar-refractivity contribution in [1.82, 2.24) is 0 Å². The third-order valence-corrected chi connectivity index (χ3v) is 3.95. The van der Waals surface area contributed by atoms with Crippen molar-refractivity contribution in [1.29, 1.82) is 0 Å². The van der Waals surface area contributed by atoms with Crippen LogP contribution >= 0.6 is 15.9 Å². The molecule has 0 saturated carbocycles. The van der Waals surface area contributed by atoms with E-state index in [4.69, 9.17) is 4.74 Å². The number of hydrogen-bond donors (Lipinski definition) is 1. The number of hydrogen-bond acceptors (Lipinski definition) is 2. The smallest absolute Gasteiger partial charge is 0.135 e. The molecule has 0 spiro atoms. The maximum absolute atomic E-state index is 5.29. The van der Waals surface area contributed by atoms with E-state index in [0.717, 1.165) is 22.5 Å². The molecule has 20 heavy (non-hydrogen) atoms. The second kappa shape index (κ2) is 6.80. The first-order valence-electron chi connectivity index (χ1n) is 6.76. The molecule has 2 aromatic carbocycles. The van der Waals surface area contributed by atoms with Gasteiger partial charge in [0.25, 0.3) is 0 Å². The van der Waals surface area contributed by atoms with Crippen LogP contribution in [0.1, 0.15) is 30.9 Å². The van der Waals surface area contributed by atoms with Crippen molar-refractivity contribution in [3.8, 4) is 5.75 Å². The average molecular weight is 334 g/mol. The van der Waals surface area contributed by atoms with E-state index in [0.29, 0.717) is 5.92 Å². The van der Waals surface area contributed by atoms with E-state index in [-0.39, 0.29) is 0 Å². The molecule has 0 amide bonds. The molecular formula is C17H20BrNO. The summed E-state index contributed by atoms with van der Waals surface area (Å²) >= 11 is 3.46. The molecule has 0 aliphatic carbocycles. The lowest BCUT2D eigenvalue weighted by Crippen LogP contribution is -2.00. The quantitative estimate of drug-likeness (QED) is 0.812. The molecule has 0 bridgehead atoms. The molecule has 0 aromatic heterocycles. The maximum atomic E-state index is 5.29. The zero-order chi connectivity index (χ0) is 14.5. The van der Waals surface area contributed by atoms with E-state index in [1.165, 1.54) is 11.1 Å². The summed E-state index contributed by atoms with van der Waals surface area (Å²) in [5.74, 6) is 1.41. The summed E-state index contributed by atoms with van der Waals surface area (Å²) < 4.78 is 6.26. The lowest BCUT2D eigenvalue weighted by Gasteiger charge is -2.11. The van der Waals surface area contributed by atoms with Crippen LogP contribution in [0.15, 0.2) is 46.9 Å². The van der Waals surface area contributed by atoms with Crippen LogP contribution in [0.2, 0.25) is 0 Å². The highest BCUT2D eigenvalue weighted by Gasteiger charge is 2.02. The van der Waals surface area contributed by atoms with E-state index >= 15 is 0 Å². The molecule has 0 aliphatic rings. The highest BCUT2D eigenvalue weighted by molar-refractivity contribution is 9.10. The van der Waals surface area contributed by atoms with Crippen molar-refractivity contribution < 1.29 is 4.74 Å². The molecule has 2 rings (SSSR count). The highest BCUT2D eigenvalue weighted by Crippen LogP contribution is 2.28. The number of nitrogens with one attached hydrogen (secondary N) is 1. The van der Waals surface area contributed by atoms with Gasteiger partial charge in [-0.2, -0.15) is 0 Å². The Bertz CT molecular complexity index is 564. The maximum Gasteiger partial charge on any atom is 0.135 e. The minimum atomic E-state index is 0.577. The van der Waals surface area contributed by atoms with Gasteiger partial charge < -0.3 is 10.1 Å². The number of methoxy groups -OCH3 is 1. The number of anilines is 1. The molecule has 0 radical (unpaired) electrons. The summed E-state index contributed by atoms with van der Waals surface area (Å²) in [6, 6.07) is 14.8. The summed E-state index contributed by atoms with van der Waals surface area (Å²) in [7, 11) is 1.68. The predicted molar refractivity (Wildman–Crippen MR) is 88.6 cm³/mol. The number of benzene rings is 2. The van der Waals surface area contributed by atoms with Crippen LogP contribution in [0, 0.1) is 0 Å². The summed E-state index contributed by atoms with van der Waals surface area (Å²) in [6.07, 6.45) is 0. The molecule has 3 heteroatoms. The van der Waals surface area contributed by atoms with Crippen LogP contribution < -0.4 is 10.1 Å². The van der Waals surface area contributed by atoms with Gasteiger partial charge in [0.2, 0.25) is 0 Å². The summed E-state index contributed by atoms with van der Waals surface area (Å²) in [5, 5.41) is 3.41. The molecule has 0 atom stereocenters. The third kappa shape index (κ3) is 3.76. The van der Waals surface area contributed by atoms with E-state index < -0.39 is 0 Å². The first-order chi connectivity index (χ1) is 9.60. The van der Waals surface area contributed by atoms with E-state index in [1.807, 2.05) is 18.2 Å². The van der Waals surface area contributed by atoms with Crippen LogP contribution in [0.4, 0.5) is 5.69 Å². The molecule has 2 nitrogen and oxygen atoms in total. The van der Waals surface area contributed by atoms with Crippen molar-refractivity contribution in [2.24, 2.45) is 0 Å². The Hall–Kier alpha value is -1.48. The fraction of sp³-hybridized carbons (Fsp3) is 0.294. The van der Waals surface area contributed by atoms with Crippen LogP contribution in [0.3, 0.4) is 0 Å². The minimum Gasteiger partial charge on any atom is -0.495 e. The van der Waals surface area contributed by atoms with Gasteiger partial charge in [-0.15, -0.1) is 0 Å². The Kier molecular flexibility index (Phi) is 5.07. The van der Waals surface area contributed by atoms with Gasteiger partial charge in [-0.25, -0.2) is 0 Å². The second-order valence-corrected chi connectivity index (χ2v) is 5.95. The zero-order valence-corrected chi connectivity index (χ0v) is 13.7. The fourth-order valence-electron chi connectivity index (χ4n) is 1.99. The van der Waals surface area contributed by atoms with Crippen molar-refractivity contribution in [2.45, 2.75) is 26.3 Å². The molecule has 1 N–H and O–H groups in total. The topological polar surface area (TPSA) is 21.3 Å². The summed E-state index contributed by atoms with van der Waals surface area (Å²) in [6.45, 7) is 5.23. The second-order valence-electron chi connectivity index (χ2n) is 5.10. The fourth-order valence-corrected chi connectivity index (χ4v) is 2.40. The average Bonchev–Trinajstić information content (AvgIpc) is 2.46. The molecule has 2 aromatic rings. The first kappa shape index (κ1) is 14.9. The lowest BCUT2D eigenvalue weighted by atomic mass is 10.0. The predicted octanol–water partition coefficient (Wildman–Crippen LogP) is 5.19. The van der Waals surface area contributed by atoms with Crippen molar-refractivity contribution in [3.05, 3.63) is 58.1 Å². The lowest BCUT2D eigenvalue weighted by molar-refractivity contribution is 0.412. The highest BCUT2D eigenvalue weighted by atomic mass is 79.9. The molecule has 0 unspecified atom stereocenters. The van der Waals surface area contributed by atoms with Crippen molar-refractivity contribution >= 4 is 21.6 Å². The minimum absolute atomic E-state index is 0.577. The van der Waals surface area contributed by atoms with Crippen molar-refractivity contribution in [2.75, 3.05) is 12.4 Å². The monoisotopic (exact) mass is 333 g/mol. The molecule has 0 saturated heterocycles. The standard InChI is InChI=1S/C17H20BrNO/c1-12(2)14-6-4-13(5-7-14)11-19-15-8-9-16(18)17(10-15)20-3/h4-10,12,19H,11H2,1-3H3. The normalized spacial score (nSPS) is 10.7. The molecule has 0 heterocycles. The Morgan fingerprint density at radius 2 is 1.80 bits per heavy atom. The van der Waals surface area contributed by atoms with Gasteiger partial charge in [-0.1, -0.05) is 38.1 Å². The first-order valence-corrected chi connectivity index (χ1v) is 7.55. The van der Waals surface area contributed by atoms with Gasteiger partial charge in [0.15, 0.2) is 0 Å². The Labute approximate surface area is 129 Å². The molecule has 0 fully saturated rings. The van der Waals surface area contributed by atoms with Crippen molar-refractivity contribution in [3.63, 3.8) is 0 Å². The van der Waals surface area contributed by atoms with Gasteiger partial charge in [0.05, 0.1) is 11.6 Å². The number of rotatable bonds is 5.